The average Bonchev–Trinajstić information content (AvgIpc) is 3.12. The molecule has 1 aliphatic heterocycles. The lowest BCUT2D eigenvalue weighted by Crippen LogP contribution is -2.35. The Hall–Kier alpha value is -1.82. The predicted molar refractivity (Wildman–Crippen MR) is 113 cm³/mol. The highest BCUT2D eigenvalue weighted by Gasteiger charge is 2.26. The summed E-state index contributed by atoms with van der Waals surface area (Å²) in [4.78, 5) is 10.7. The van der Waals surface area contributed by atoms with Crippen molar-refractivity contribution in [1.82, 2.24) is 14.9 Å². The van der Waals surface area contributed by atoms with Crippen molar-refractivity contribution in [3.05, 3.63) is 65.5 Å². The topological polar surface area (TPSA) is 41.1 Å². The fourth-order valence-electron chi connectivity index (χ4n) is 3.72. The number of aromatic amines is 1. The zero-order valence-corrected chi connectivity index (χ0v) is 16.8. The van der Waals surface area contributed by atoms with Crippen molar-refractivity contribution in [2.75, 3.05) is 26.4 Å². The SMILES string of the molecule is CSCc1cccc(C(OC2CCN(C)CC2)c2nc3ccccc3[nH]2)c1. The second-order valence-electron chi connectivity index (χ2n) is 7.34. The number of ether oxygens (including phenoxy) is 1. The van der Waals surface area contributed by atoms with Gasteiger partial charge >= 0.3 is 0 Å². The average molecular weight is 382 g/mol. The van der Waals surface area contributed by atoms with Crippen molar-refractivity contribution < 1.29 is 4.74 Å². The third-order valence-electron chi connectivity index (χ3n) is 5.21. The van der Waals surface area contributed by atoms with Crippen molar-refractivity contribution in [2.24, 2.45) is 0 Å². The molecule has 1 unspecified atom stereocenters. The van der Waals surface area contributed by atoms with Crippen LogP contribution in [0.2, 0.25) is 0 Å². The lowest BCUT2D eigenvalue weighted by atomic mass is 10.0. The third-order valence-corrected chi connectivity index (χ3v) is 5.84. The third kappa shape index (κ3) is 4.37. The lowest BCUT2D eigenvalue weighted by Gasteiger charge is -2.31. The molecule has 2 aromatic carbocycles. The van der Waals surface area contributed by atoms with Crippen LogP contribution in [0, 0.1) is 0 Å². The van der Waals surface area contributed by atoms with E-state index in [1.54, 1.807) is 0 Å². The number of benzene rings is 2. The number of aromatic nitrogens is 2. The number of hydrogen-bond acceptors (Lipinski definition) is 4. The first-order chi connectivity index (χ1) is 13.2. The molecule has 1 aliphatic rings. The van der Waals surface area contributed by atoms with Crippen LogP contribution in [0.5, 0.6) is 0 Å². The molecule has 1 fully saturated rings. The zero-order valence-electron chi connectivity index (χ0n) is 16.0. The first-order valence-corrected chi connectivity index (χ1v) is 11.0. The van der Waals surface area contributed by atoms with Gasteiger partial charge in [-0.15, -0.1) is 0 Å². The van der Waals surface area contributed by atoms with Crippen LogP contribution in [0.1, 0.15) is 35.9 Å². The Kier molecular flexibility index (Phi) is 5.81. The van der Waals surface area contributed by atoms with E-state index in [9.17, 15) is 0 Å². The van der Waals surface area contributed by atoms with Gasteiger partial charge in [0.05, 0.1) is 17.1 Å². The van der Waals surface area contributed by atoms with Crippen molar-refractivity contribution in [1.29, 1.82) is 0 Å². The summed E-state index contributed by atoms with van der Waals surface area (Å²) < 4.78 is 6.65. The fourth-order valence-corrected chi connectivity index (χ4v) is 4.24. The fraction of sp³-hybridized carbons (Fsp3) is 0.409. The molecule has 1 N–H and O–H groups in total. The van der Waals surface area contributed by atoms with Gasteiger partial charge in [0.25, 0.3) is 0 Å². The van der Waals surface area contributed by atoms with E-state index in [0.717, 1.165) is 48.5 Å². The summed E-state index contributed by atoms with van der Waals surface area (Å²) in [6, 6.07) is 16.9. The van der Waals surface area contributed by atoms with Gasteiger partial charge in [-0.3, -0.25) is 0 Å². The first-order valence-electron chi connectivity index (χ1n) is 9.59. The van der Waals surface area contributed by atoms with E-state index >= 15 is 0 Å². The van der Waals surface area contributed by atoms with Crippen LogP contribution in [-0.4, -0.2) is 47.4 Å². The summed E-state index contributed by atoms with van der Waals surface area (Å²) in [6.07, 6.45) is 4.38. The number of nitrogens with one attached hydrogen (secondary N) is 1. The van der Waals surface area contributed by atoms with Crippen LogP contribution in [0.25, 0.3) is 11.0 Å². The summed E-state index contributed by atoms with van der Waals surface area (Å²) in [7, 11) is 2.18. The van der Waals surface area contributed by atoms with Gasteiger partial charge in [0, 0.05) is 18.8 Å². The Balaban J connectivity index is 1.67. The monoisotopic (exact) mass is 381 g/mol. The Labute approximate surface area is 165 Å². The largest absolute Gasteiger partial charge is 0.362 e. The molecular formula is C22H27N3OS. The number of likely N-dealkylation sites (tertiary alicyclic amines) is 1. The van der Waals surface area contributed by atoms with Crippen LogP contribution in [-0.2, 0) is 10.5 Å². The molecule has 5 heteroatoms. The standard InChI is InChI=1S/C22H27N3OS/c1-25-12-10-18(11-13-25)26-21(17-7-5-6-16(14-17)15-27-2)22-23-19-8-3-4-9-20(19)24-22/h3-9,14,18,21H,10-13,15H2,1-2H3,(H,23,24). The minimum atomic E-state index is -0.160. The minimum absolute atomic E-state index is 0.160. The zero-order chi connectivity index (χ0) is 18.6. The molecule has 142 valence electrons. The summed E-state index contributed by atoms with van der Waals surface area (Å²) in [5.74, 6) is 1.91. The van der Waals surface area contributed by atoms with E-state index in [1.807, 2.05) is 30.0 Å². The molecule has 4 nitrogen and oxygen atoms in total. The summed E-state index contributed by atoms with van der Waals surface area (Å²) in [5, 5.41) is 0. The molecule has 1 atom stereocenters. The maximum absolute atomic E-state index is 6.65. The molecule has 0 radical (unpaired) electrons. The molecule has 0 aliphatic carbocycles. The number of para-hydroxylation sites is 2. The number of rotatable bonds is 6. The molecule has 4 rings (SSSR count). The van der Waals surface area contributed by atoms with Crippen molar-refractivity contribution in [2.45, 2.75) is 30.8 Å². The number of hydrogen-bond donors (Lipinski definition) is 1. The number of fused-ring (bicyclic) bond motifs is 1. The lowest BCUT2D eigenvalue weighted by molar-refractivity contribution is -0.0264. The maximum Gasteiger partial charge on any atom is 0.141 e. The smallest absolute Gasteiger partial charge is 0.141 e. The van der Waals surface area contributed by atoms with Gasteiger partial charge < -0.3 is 14.6 Å². The van der Waals surface area contributed by atoms with E-state index < -0.39 is 0 Å². The van der Waals surface area contributed by atoms with Gasteiger partial charge in [-0.05, 0) is 49.4 Å². The van der Waals surface area contributed by atoms with E-state index in [4.69, 9.17) is 9.72 Å². The van der Waals surface area contributed by atoms with E-state index in [1.165, 1.54) is 11.1 Å². The number of nitrogens with zero attached hydrogens (tertiary/aromatic N) is 2. The first kappa shape index (κ1) is 18.5. The molecular weight excluding hydrogens is 354 g/mol. The van der Waals surface area contributed by atoms with Gasteiger partial charge in [-0.2, -0.15) is 11.8 Å². The van der Waals surface area contributed by atoms with Crippen LogP contribution in [0.4, 0.5) is 0 Å². The molecule has 1 aromatic heterocycles. The number of imidazole rings is 1. The Morgan fingerprint density at radius 2 is 2.00 bits per heavy atom. The van der Waals surface area contributed by atoms with Crippen molar-refractivity contribution in [3.63, 3.8) is 0 Å². The maximum atomic E-state index is 6.65. The Morgan fingerprint density at radius 3 is 2.78 bits per heavy atom. The minimum Gasteiger partial charge on any atom is -0.362 e. The van der Waals surface area contributed by atoms with Crippen molar-refractivity contribution >= 4 is 22.8 Å². The van der Waals surface area contributed by atoms with Crippen LogP contribution < -0.4 is 0 Å². The van der Waals surface area contributed by atoms with Gasteiger partial charge in [0.15, 0.2) is 0 Å². The summed E-state index contributed by atoms with van der Waals surface area (Å²) >= 11 is 1.84. The van der Waals surface area contributed by atoms with E-state index in [-0.39, 0.29) is 12.2 Å². The number of thioether (sulfide) groups is 1. The highest BCUT2D eigenvalue weighted by Crippen LogP contribution is 2.30. The second kappa shape index (κ2) is 8.46. The highest BCUT2D eigenvalue weighted by atomic mass is 32.2. The summed E-state index contributed by atoms with van der Waals surface area (Å²) in [6.45, 7) is 2.17. The highest BCUT2D eigenvalue weighted by molar-refractivity contribution is 7.97. The van der Waals surface area contributed by atoms with E-state index in [0.29, 0.717) is 0 Å². The molecule has 27 heavy (non-hydrogen) atoms. The van der Waals surface area contributed by atoms with Gasteiger partial charge in [0.2, 0.25) is 0 Å². The normalized spacial score (nSPS) is 17.4. The molecule has 0 amide bonds. The van der Waals surface area contributed by atoms with Crippen LogP contribution in [0.3, 0.4) is 0 Å². The van der Waals surface area contributed by atoms with Gasteiger partial charge in [-0.25, -0.2) is 4.98 Å². The molecule has 0 spiro atoms. The summed E-state index contributed by atoms with van der Waals surface area (Å²) in [5.41, 5.74) is 4.56. The van der Waals surface area contributed by atoms with Gasteiger partial charge in [-0.1, -0.05) is 36.4 Å². The molecule has 3 aromatic rings. The second-order valence-corrected chi connectivity index (χ2v) is 8.20. The van der Waals surface area contributed by atoms with Gasteiger partial charge in [0.1, 0.15) is 11.9 Å². The van der Waals surface area contributed by atoms with Crippen LogP contribution >= 0.6 is 11.8 Å². The van der Waals surface area contributed by atoms with Crippen molar-refractivity contribution in [3.8, 4) is 0 Å². The molecule has 0 saturated carbocycles. The van der Waals surface area contributed by atoms with E-state index in [2.05, 4.69) is 53.5 Å². The Bertz CT molecular complexity index is 853. The Morgan fingerprint density at radius 1 is 1.19 bits per heavy atom. The molecule has 2 heterocycles. The molecule has 0 bridgehead atoms. The van der Waals surface area contributed by atoms with Crippen LogP contribution in [0.15, 0.2) is 48.5 Å². The molecule has 1 saturated heterocycles. The quantitative estimate of drug-likeness (QED) is 0.676. The predicted octanol–water partition coefficient (Wildman–Crippen LogP) is 4.63. The number of H-pyrrole nitrogens is 1. The number of piperidine rings is 1.